The van der Waals surface area contributed by atoms with Gasteiger partial charge in [-0.1, -0.05) is 142 Å². The molecule has 1 fully saturated rings. The highest BCUT2D eigenvalue weighted by Crippen LogP contribution is 2.47. The fourth-order valence-corrected chi connectivity index (χ4v) is 7.55. The Hall–Kier alpha value is -1.41. The van der Waals surface area contributed by atoms with Crippen molar-refractivity contribution in [2.75, 3.05) is 13.2 Å². The van der Waals surface area contributed by atoms with Crippen LogP contribution in [0.15, 0.2) is 12.2 Å². The van der Waals surface area contributed by atoms with Gasteiger partial charge < -0.3 is 39.9 Å². The average Bonchev–Trinajstić information content (AvgIpc) is 3.16. The van der Waals surface area contributed by atoms with E-state index in [9.17, 15) is 44.6 Å². The van der Waals surface area contributed by atoms with Gasteiger partial charge in [0.15, 0.2) is 6.10 Å². The Morgan fingerprint density at radius 3 is 1.40 bits per heavy atom. The van der Waals surface area contributed by atoms with Crippen molar-refractivity contribution in [3.05, 3.63) is 12.2 Å². The molecular weight excluding hydrogens is 731 g/mol. The maximum absolute atomic E-state index is 12.7. The van der Waals surface area contributed by atoms with Crippen LogP contribution in [0.5, 0.6) is 0 Å². The molecule has 6 unspecified atom stereocenters. The summed E-state index contributed by atoms with van der Waals surface area (Å²) in [4.78, 5) is 35.5. The zero-order valence-corrected chi connectivity index (χ0v) is 34.9. The predicted octanol–water partition coefficient (Wildman–Crippen LogP) is 7.50. The van der Waals surface area contributed by atoms with Crippen molar-refractivity contribution < 1.29 is 63.1 Å². The van der Waals surface area contributed by atoms with E-state index in [0.717, 1.165) is 51.4 Å². The van der Waals surface area contributed by atoms with Gasteiger partial charge in [0, 0.05) is 12.8 Å². The molecule has 13 nitrogen and oxygen atoms in total. The molecule has 324 valence electrons. The van der Waals surface area contributed by atoms with Crippen molar-refractivity contribution in [3.63, 3.8) is 0 Å². The van der Waals surface area contributed by atoms with Gasteiger partial charge in [-0.2, -0.15) is 0 Å². The van der Waals surface area contributed by atoms with Gasteiger partial charge in [0.25, 0.3) is 0 Å². The van der Waals surface area contributed by atoms with Crippen LogP contribution in [0.25, 0.3) is 0 Å². The largest absolute Gasteiger partial charge is 0.472 e. The standard InChI is InChI=1S/C41H77O13P/c1-3-5-7-9-11-13-14-15-16-17-18-19-20-22-23-25-27-29-34(42)51-31-33(53-35(43)30-28-26-24-21-12-10-8-6-4-2)32-52-55(49,50)54-41-39(47)37(45)36(44)38(46)40(41)48/h13-14,33,36-41,44-48H,3-12,15-32H2,1-2H3,(H,49,50)/b14-13+/t33-,36?,37-,38?,39?,40?,41?/m0/s1. The molecule has 0 radical (unpaired) electrons. The van der Waals surface area contributed by atoms with E-state index in [2.05, 4.69) is 26.0 Å². The van der Waals surface area contributed by atoms with Crippen LogP contribution in [-0.2, 0) is 32.7 Å². The SMILES string of the molecule is CCCCCC/C=C/CCCCCCCCCCCC(=O)OC[C@@H](COP(=O)(O)OC1C(O)C(O)C(O)[C@H](O)C1O)OC(=O)CCCCCCCCCCC. The van der Waals surface area contributed by atoms with Crippen LogP contribution in [-0.4, -0.2) is 98.3 Å². The Labute approximate surface area is 331 Å². The van der Waals surface area contributed by atoms with Crippen LogP contribution >= 0.6 is 7.82 Å². The second kappa shape index (κ2) is 32.5. The molecule has 0 aromatic heterocycles. The molecular formula is C41H77O13P. The van der Waals surface area contributed by atoms with E-state index in [1.807, 2.05) is 0 Å². The van der Waals surface area contributed by atoms with Gasteiger partial charge in [0.2, 0.25) is 0 Å². The lowest BCUT2D eigenvalue weighted by Crippen LogP contribution is -2.64. The predicted molar refractivity (Wildman–Crippen MR) is 212 cm³/mol. The number of hydrogen-bond acceptors (Lipinski definition) is 12. The van der Waals surface area contributed by atoms with Crippen LogP contribution in [0.4, 0.5) is 0 Å². The number of hydrogen-bond donors (Lipinski definition) is 6. The molecule has 0 heterocycles. The second-order valence-electron chi connectivity index (χ2n) is 15.2. The van der Waals surface area contributed by atoms with E-state index < -0.39 is 75.7 Å². The number of aliphatic hydroxyl groups is 5. The van der Waals surface area contributed by atoms with Gasteiger partial charge in [0.1, 0.15) is 43.2 Å². The molecule has 0 aromatic carbocycles. The number of unbranched alkanes of at least 4 members (excludes halogenated alkanes) is 21. The van der Waals surface area contributed by atoms with Gasteiger partial charge in [-0.3, -0.25) is 18.6 Å². The Bertz CT molecular complexity index is 1030. The third-order valence-corrected chi connectivity index (χ3v) is 11.1. The van der Waals surface area contributed by atoms with Crippen LogP contribution in [0.1, 0.15) is 181 Å². The van der Waals surface area contributed by atoms with Crippen molar-refractivity contribution in [1.29, 1.82) is 0 Å². The molecule has 0 amide bonds. The minimum absolute atomic E-state index is 0.0999. The number of phosphoric acid groups is 1. The van der Waals surface area contributed by atoms with E-state index in [4.69, 9.17) is 18.5 Å². The number of esters is 2. The topological polar surface area (TPSA) is 210 Å². The number of phosphoric ester groups is 1. The summed E-state index contributed by atoms with van der Waals surface area (Å²) in [6.07, 6.45) is 18.6. The lowest BCUT2D eigenvalue weighted by Gasteiger charge is -2.41. The molecule has 1 saturated carbocycles. The Kier molecular flexibility index (Phi) is 30.5. The first kappa shape index (κ1) is 51.6. The van der Waals surface area contributed by atoms with E-state index in [0.29, 0.717) is 12.8 Å². The van der Waals surface area contributed by atoms with Crippen LogP contribution in [0, 0.1) is 0 Å². The lowest BCUT2D eigenvalue weighted by molar-refractivity contribution is -0.220. The number of aliphatic hydroxyl groups excluding tert-OH is 5. The van der Waals surface area contributed by atoms with Crippen LogP contribution in [0.2, 0.25) is 0 Å². The first-order valence-electron chi connectivity index (χ1n) is 21.5. The summed E-state index contributed by atoms with van der Waals surface area (Å²) >= 11 is 0. The lowest BCUT2D eigenvalue weighted by atomic mass is 9.85. The summed E-state index contributed by atoms with van der Waals surface area (Å²) in [5, 5.41) is 50.0. The molecule has 14 heteroatoms. The van der Waals surface area contributed by atoms with Crippen molar-refractivity contribution in [1.82, 2.24) is 0 Å². The van der Waals surface area contributed by atoms with Gasteiger partial charge in [-0.25, -0.2) is 4.57 Å². The summed E-state index contributed by atoms with van der Waals surface area (Å²) in [7, 11) is -5.10. The molecule has 1 aliphatic carbocycles. The first-order valence-corrected chi connectivity index (χ1v) is 23.0. The third kappa shape index (κ3) is 25.5. The molecule has 0 saturated heterocycles. The smallest absolute Gasteiger partial charge is 0.462 e. The average molecular weight is 809 g/mol. The van der Waals surface area contributed by atoms with Crippen LogP contribution in [0.3, 0.4) is 0 Å². The van der Waals surface area contributed by atoms with Crippen molar-refractivity contribution in [2.24, 2.45) is 0 Å². The fraction of sp³-hybridized carbons (Fsp3) is 0.902. The third-order valence-electron chi connectivity index (χ3n) is 10.1. The van der Waals surface area contributed by atoms with E-state index in [1.165, 1.54) is 89.9 Å². The summed E-state index contributed by atoms with van der Waals surface area (Å²) in [6, 6.07) is 0. The number of allylic oxidation sites excluding steroid dienone is 2. The molecule has 0 aromatic rings. The number of carbonyl (C=O) groups excluding carboxylic acids is 2. The summed E-state index contributed by atoms with van der Waals surface area (Å²) in [6.45, 7) is 3.25. The van der Waals surface area contributed by atoms with Crippen molar-refractivity contribution >= 4 is 19.8 Å². The maximum atomic E-state index is 12.7. The molecule has 0 bridgehead atoms. The number of ether oxygens (including phenoxy) is 2. The zero-order chi connectivity index (χ0) is 40.7. The first-order chi connectivity index (χ1) is 26.4. The van der Waals surface area contributed by atoms with Crippen molar-refractivity contribution in [2.45, 2.75) is 224 Å². The van der Waals surface area contributed by atoms with Gasteiger partial charge in [0.05, 0.1) is 6.61 Å². The van der Waals surface area contributed by atoms with Gasteiger partial charge >= 0.3 is 19.8 Å². The second-order valence-corrected chi connectivity index (χ2v) is 16.6. The normalized spacial score (nSPS) is 23.1. The minimum atomic E-state index is -5.10. The van der Waals surface area contributed by atoms with Gasteiger partial charge in [-0.15, -0.1) is 0 Å². The highest BCUT2D eigenvalue weighted by atomic mass is 31.2. The van der Waals surface area contributed by atoms with Gasteiger partial charge in [-0.05, 0) is 38.5 Å². The Morgan fingerprint density at radius 2 is 0.927 bits per heavy atom. The fourth-order valence-electron chi connectivity index (χ4n) is 6.58. The zero-order valence-electron chi connectivity index (χ0n) is 34.0. The number of rotatable bonds is 35. The summed E-state index contributed by atoms with van der Waals surface area (Å²) < 4.78 is 33.4. The molecule has 0 spiro atoms. The van der Waals surface area contributed by atoms with E-state index >= 15 is 0 Å². The molecule has 1 aliphatic rings. The van der Waals surface area contributed by atoms with E-state index in [-0.39, 0.29) is 12.8 Å². The highest BCUT2D eigenvalue weighted by Gasteiger charge is 2.51. The van der Waals surface area contributed by atoms with Crippen molar-refractivity contribution in [3.8, 4) is 0 Å². The summed E-state index contributed by atoms with van der Waals surface area (Å²) in [5.74, 6) is -1.10. The summed E-state index contributed by atoms with van der Waals surface area (Å²) in [5.41, 5.74) is 0. The molecule has 0 aliphatic heterocycles. The quantitative estimate of drug-likeness (QED) is 0.0159. The molecule has 1 rings (SSSR count). The highest BCUT2D eigenvalue weighted by molar-refractivity contribution is 7.47. The number of carbonyl (C=O) groups is 2. The monoisotopic (exact) mass is 809 g/mol. The molecule has 55 heavy (non-hydrogen) atoms. The Balaban J connectivity index is 2.44. The maximum Gasteiger partial charge on any atom is 0.472 e. The molecule has 8 atom stereocenters. The Morgan fingerprint density at radius 1 is 0.545 bits per heavy atom. The minimum Gasteiger partial charge on any atom is -0.462 e. The molecule has 6 N–H and O–H groups in total. The van der Waals surface area contributed by atoms with E-state index in [1.54, 1.807) is 0 Å². The van der Waals surface area contributed by atoms with Crippen LogP contribution < -0.4 is 0 Å².